The Morgan fingerprint density at radius 2 is 1.95 bits per heavy atom. The van der Waals surface area contributed by atoms with Gasteiger partial charge in [0.2, 0.25) is 0 Å². The molecular weight excluding hydrogens is 258 g/mol. The molecule has 0 bridgehead atoms. The minimum Gasteiger partial charge on any atom is -0.390 e. The molecule has 3 atom stereocenters. The van der Waals surface area contributed by atoms with Crippen LogP contribution in [-0.4, -0.2) is 28.2 Å². The normalized spacial score (nSPS) is 25.9. The van der Waals surface area contributed by atoms with E-state index in [1.165, 1.54) is 31.4 Å². The summed E-state index contributed by atoms with van der Waals surface area (Å²) in [6.07, 6.45) is 5.49. The largest absolute Gasteiger partial charge is 0.390 e. The van der Waals surface area contributed by atoms with Gasteiger partial charge in [0, 0.05) is 12.6 Å². The molecule has 0 spiro atoms. The van der Waals surface area contributed by atoms with Crippen LogP contribution in [-0.2, 0) is 6.54 Å². The minimum absolute atomic E-state index is 0.501. The second kappa shape index (κ2) is 7.42. The van der Waals surface area contributed by atoms with Crippen LogP contribution in [0.15, 0.2) is 30.3 Å². The fourth-order valence-electron chi connectivity index (χ4n) is 3.66. The average molecular weight is 289 g/mol. The summed E-state index contributed by atoms with van der Waals surface area (Å²) in [4.78, 5) is 2.63. The molecule has 2 rings (SSSR count). The number of likely N-dealkylation sites (tertiary alicyclic amines) is 1. The summed E-state index contributed by atoms with van der Waals surface area (Å²) >= 11 is 0. The van der Waals surface area contributed by atoms with Gasteiger partial charge in [0.05, 0.1) is 5.60 Å². The molecule has 1 aliphatic heterocycles. The molecule has 1 unspecified atom stereocenters. The molecule has 0 saturated carbocycles. The number of nitrogens with zero attached hydrogens (tertiary/aromatic N) is 1. The summed E-state index contributed by atoms with van der Waals surface area (Å²) in [5, 5.41) is 10.4. The number of benzene rings is 1. The van der Waals surface area contributed by atoms with Crippen LogP contribution < -0.4 is 0 Å². The van der Waals surface area contributed by atoms with Crippen LogP contribution in [0.25, 0.3) is 0 Å². The Kier molecular flexibility index (Phi) is 5.83. The molecule has 0 amide bonds. The molecule has 1 saturated heterocycles. The van der Waals surface area contributed by atoms with Gasteiger partial charge in [0.15, 0.2) is 0 Å². The third-order valence-corrected chi connectivity index (χ3v) is 5.08. The van der Waals surface area contributed by atoms with Gasteiger partial charge in [-0.1, -0.05) is 50.6 Å². The van der Waals surface area contributed by atoms with Crippen molar-refractivity contribution in [2.24, 2.45) is 5.92 Å². The summed E-state index contributed by atoms with van der Waals surface area (Å²) in [6.45, 7) is 8.58. The lowest BCUT2D eigenvalue weighted by Gasteiger charge is -2.32. The highest BCUT2D eigenvalue weighted by molar-refractivity contribution is 5.15. The molecule has 1 aliphatic rings. The second-order valence-electron chi connectivity index (χ2n) is 6.92. The zero-order chi connectivity index (χ0) is 15.3. The fourth-order valence-corrected chi connectivity index (χ4v) is 3.66. The monoisotopic (exact) mass is 289 g/mol. The van der Waals surface area contributed by atoms with Gasteiger partial charge in [0.25, 0.3) is 0 Å². The predicted octanol–water partition coefficient (Wildman–Crippen LogP) is 4.23. The molecule has 1 aromatic rings. The van der Waals surface area contributed by atoms with Crippen LogP contribution in [0.5, 0.6) is 0 Å². The lowest BCUT2D eigenvalue weighted by atomic mass is 9.84. The predicted molar refractivity (Wildman–Crippen MR) is 89.2 cm³/mol. The van der Waals surface area contributed by atoms with E-state index in [0.29, 0.717) is 12.0 Å². The molecule has 0 aliphatic carbocycles. The van der Waals surface area contributed by atoms with Crippen LogP contribution in [0.3, 0.4) is 0 Å². The van der Waals surface area contributed by atoms with Gasteiger partial charge >= 0.3 is 0 Å². The van der Waals surface area contributed by atoms with Gasteiger partial charge in [-0.25, -0.2) is 0 Å². The summed E-state index contributed by atoms with van der Waals surface area (Å²) in [7, 11) is 0. The van der Waals surface area contributed by atoms with Crippen molar-refractivity contribution < 1.29 is 5.11 Å². The number of hydrogen-bond donors (Lipinski definition) is 1. The Bertz CT molecular complexity index is 415. The first-order valence-electron chi connectivity index (χ1n) is 8.56. The first-order valence-corrected chi connectivity index (χ1v) is 8.56. The van der Waals surface area contributed by atoms with E-state index in [4.69, 9.17) is 0 Å². The van der Waals surface area contributed by atoms with Gasteiger partial charge in [-0.2, -0.15) is 0 Å². The van der Waals surface area contributed by atoms with E-state index in [0.717, 1.165) is 19.4 Å². The first-order chi connectivity index (χ1) is 10.1. The zero-order valence-electron chi connectivity index (χ0n) is 13.9. The van der Waals surface area contributed by atoms with Crippen LogP contribution in [0.4, 0.5) is 0 Å². The Morgan fingerprint density at radius 1 is 1.24 bits per heavy atom. The lowest BCUT2D eigenvalue weighted by molar-refractivity contribution is 0.0225. The maximum atomic E-state index is 10.4. The Balaban J connectivity index is 2.02. The highest BCUT2D eigenvalue weighted by Gasteiger charge is 2.36. The van der Waals surface area contributed by atoms with Gasteiger partial charge in [0.1, 0.15) is 0 Å². The van der Waals surface area contributed by atoms with Gasteiger partial charge in [-0.15, -0.1) is 0 Å². The third kappa shape index (κ3) is 4.55. The summed E-state index contributed by atoms with van der Waals surface area (Å²) in [5.41, 5.74) is 0.904. The quantitative estimate of drug-likeness (QED) is 0.812. The number of hydrogen-bond acceptors (Lipinski definition) is 2. The van der Waals surface area contributed by atoms with Gasteiger partial charge in [-0.05, 0) is 50.6 Å². The molecular formula is C19H31NO. The van der Waals surface area contributed by atoms with Crippen LogP contribution in [0.1, 0.15) is 58.4 Å². The maximum Gasteiger partial charge on any atom is 0.0620 e. The first kappa shape index (κ1) is 16.5. The van der Waals surface area contributed by atoms with E-state index in [1.54, 1.807) is 0 Å². The SMILES string of the molecule is CCC[C@H]1[C@@H](CC(C)(O)CC)CCN1Cc1ccccc1. The van der Waals surface area contributed by atoms with Crippen LogP contribution >= 0.6 is 0 Å². The molecule has 2 heteroatoms. The minimum atomic E-state index is -0.501. The van der Waals surface area contributed by atoms with Crippen molar-refractivity contribution in [3.63, 3.8) is 0 Å². The lowest BCUT2D eigenvalue weighted by Crippen LogP contribution is -2.36. The highest BCUT2D eigenvalue weighted by atomic mass is 16.3. The fraction of sp³-hybridized carbons (Fsp3) is 0.684. The van der Waals surface area contributed by atoms with E-state index >= 15 is 0 Å². The maximum absolute atomic E-state index is 10.4. The Morgan fingerprint density at radius 3 is 2.57 bits per heavy atom. The Hall–Kier alpha value is -0.860. The van der Waals surface area contributed by atoms with Crippen molar-refractivity contribution in [1.82, 2.24) is 4.90 Å². The highest BCUT2D eigenvalue weighted by Crippen LogP contribution is 2.35. The van der Waals surface area contributed by atoms with E-state index < -0.39 is 5.60 Å². The Labute approximate surface area is 130 Å². The molecule has 118 valence electrons. The molecule has 1 fully saturated rings. The smallest absolute Gasteiger partial charge is 0.0620 e. The number of rotatable bonds is 7. The van der Waals surface area contributed by atoms with E-state index in [1.807, 2.05) is 6.92 Å². The van der Waals surface area contributed by atoms with Crippen molar-refractivity contribution in [2.45, 2.75) is 71.1 Å². The van der Waals surface area contributed by atoms with Gasteiger partial charge < -0.3 is 5.11 Å². The molecule has 1 N–H and O–H groups in total. The van der Waals surface area contributed by atoms with Crippen molar-refractivity contribution in [2.75, 3.05) is 6.54 Å². The molecule has 0 aromatic heterocycles. The second-order valence-corrected chi connectivity index (χ2v) is 6.92. The van der Waals surface area contributed by atoms with Crippen molar-refractivity contribution in [3.05, 3.63) is 35.9 Å². The summed E-state index contributed by atoms with van der Waals surface area (Å²) < 4.78 is 0. The van der Waals surface area contributed by atoms with E-state index in [-0.39, 0.29) is 0 Å². The van der Waals surface area contributed by atoms with Crippen molar-refractivity contribution in [1.29, 1.82) is 0 Å². The summed E-state index contributed by atoms with van der Waals surface area (Å²) in [6, 6.07) is 11.4. The zero-order valence-corrected chi connectivity index (χ0v) is 13.9. The standard InChI is InChI=1S/C19H31NO/c1-4-9-18-17(14-19(3,21)5-2)12-13-20(18)15-16-10-7-6-8-11-16/h6-8,10-11,17-18,21H,4-5,9,12-15H2,1-3H3/t17-,18+,19?/m1/s1. The van der Waals surface area contributed by atoms with Crippen molar-refractivity contribution in [3.8, 4) is 0 Å². The van der Waals surface area contributed by atoms with Crippen LogP contribution in [0.2, 0.25) is 0 Å². The van der Waals surface area contributed by atoms with E-state index in [9.17, 15) is 5.11 Å². The number of aliphatic hydroxyl groups is 1. The molecule has 1 heterocycles. The van der Waals surface area contributed by atoms with Crippen LogP contribution in [0, 0.1) is 5.92 Å². The third-order valence-electron chi connectivity index (χ3n) is 5.08. The van der Waals surface area contributed by atoms with Gasteiger partial charge in [-0.3, -0.25) is 4.90 Å². The average Bonchev–Trinajstić information content (AvgIpc) is 2.83. The molecule has 2 nitrogen and oxygen atoms in total. The summed E-state index contributed by atoms with van der Waals surface area (Å²) in [5.74, 6) is 0.642. The molecule has 1 aromatic carbocycles. The topological polar surface area (TPSA) is 23.5 Å². The van der Waals surface area contributed by atoms with Crippen molar-refractivity contribution >= 4 is 0 Å². The molecule has 0 radical (unpaired) electrons. The van der Waals surface area contributed by atoms with E-state index in [2.05, 4.69) is 49.1 Å². The molecule has 21 heavy (non-hydrogen) atoms.